The lowest BCUT2D eigenvalue weighted by Gasteiger charge is -2.18. The van der Waals surface area contributed by atoms with Crippen LogP contribution in [0.4, 0.5) is 11.4 Å². The lowest BCUT2D eigenvalue weighted by atomic mass is 10.1. The SMILES string of the molecule is CCN(CC)CCCNc1ccc2oc3ccc(NCCCN(CC)CC)cc3c2c1. The first kappa shape index (κ1) is 23.4. The molecule has 5 heteroatoms. The number of rotatable bonds is 14. The number of anilines is 2. The first-order valence-electron chi connectivity index (χ1n) is 12.1. The summed E-state index contributed by atoms with van der Waals surface area (Å²) in [6.07, 6.45) is 2.29. The molecule has 2 N–H and O–H groups in total. The fourth-order valence-corrected chi connectivity index (χ4v) is 4.15. The van der Waals surface area contributed by atoms with Gasteiger partial charge in [0.15, 0.2) is 0 Å². The fourth-order valence-electron chi connectivity index (χ4n) is 4.15. The normalized spacial score (nSPS) is 11.8. The third-order valence-electron chi connectivity index (χ3n) is 6.22. The summed E-state index contributed by atoms with van der Waals surface area (Å²) >= 11 is 0. The predicted octanol–water partition coefficient (Wildman–Crippen LogP) is 5.87. The summed E-state index contributed by atoms with van der Waals surface area (Å²) in [4.78, 5) is 4.93. The summed E-state index contributed by atoms with van der Waals surface area (Å²) in [7, 11) is 0. The lowest BCUT2D eigenvalue weighted by molar-refractivity contribution is 0.303. The van der Waals surface area contributed by atoms with Crippen molar-refractivity contribution in [2.75, 3.05) is 63.0 Å². The van der Waals surface area contributed by atoms with E-state index in [9.17, 15) is 0 Å². The van der Waals surface area contributed by atoms with Crippen LogP contribution in [0.25, 0.3) is 21.9 Å². The van der Waals surface area contributed by atoms with E-state index < -0.39 is 0 Å². The standard InChI is InChI=1S/C26H40N4O/c1-5-29(6-2)17-9-15-27-21-11-13-25-23(19-21)24-20-22(12-14-26(24)31-25)28-16-10-18-30(7-3)8-4/h11-14,19-20,27-28H,5-10,15-18H2,1-4H3. The zero-order valence-electron chi connectivity index (χ0n) is 19.8. The Labute approximate surface area is 187 Å². The fraction of sp³-hybridized carbons (Fsp3) is 0.538. The van der Waals surface area contributed by atoms with Gasteiger partial charge in [-0.05, 0) is 88.5 Å². The molecule has 2 aromatic carbocycles. The van der Waals surface area contributed by atoms with Crippen LogP contribution in [-0.2, 0) is 0 Å². The zero-order valence-corrected chi connectivity index (χ0v) is 19.8. The molecular formula is C26H40N4O. The molecule has 0 bridgehead atoms. The highest BCUT2D eigenvalue weighted by Crippen LogP contribution is 2.32. The van der Waals surface area contributed by atoms with Crippen molar-refractivity contribution in [2.45, 2.75) is 40.5 Å². The van der Waals surface area contributed by atoms with Crippen molar-refractivity contribution in [3.63, 3.8) is 0 Å². The highest BCUT2D eigenvalue weighted by atomic mass is 16.3. The summed E-state index contributed by atoms with van der Waals surface area (Å²) in [5.41, 5.74) is 4.21. The molecule has 3 aromatic rings. The molecule has 170 valence electrons. The molecule has 5 nitrogen and oxygen atoms in total. The van der Waals surface area contributed by atoms with Crippen LogP contribution in [0.3, 0.4) is 0 Å². The molecule has 0 atom stereocenters. The Kier molecular flexibility index (Phi) is 9.04. The van der Waals surface area contributed by atoms with E-state index in [0.29, 0.717) is 0 Å². The van der Waals surface area contributed by atoms with Crippen LogP contribution in [-0.4, -0.2) is 62.2 Å². The summed E-state index contributed by atoms with van der Waals surface area (Å²) in [5, 5.41) is 9.52. The Bertz CT molecular complexity index is 853. The van der Waals surface area contributed by atoms with Gasteiger partial charge in [-0.2, -0.15) is 0 Å². The van der Waals surface area contributed by atoms with Gasteiger partial charge in [0.2, 0.25) is 0 Å². The Morgan fingerprint density at radius 1 is 0.645 bits per heavy atom. The van der Waals surface area contributed by atoms with Crippen LogP contribution in [0.15, 0.2) is 40.8 Å². The number of nitrogens with one attached hydrogen (secondary N) is 2. The average molecular weight is 425 g/mol. The molecule has 0 aliphatic rings. The van der Waals surface area contributed by atoms with E-state index in [4.69, 9.17) is 4.42 Å². The van der Waals surface area contributed by atoms with Crippen LogP contribution in [0.5, 0.6) is 0 Å². The van der Waals surface area contributed by atoms with Crippen molar-refractivity contribution >= 4 is 33.3 Å². The molecule has 0 unspecified atom stereocenters. The van der Waals surface area contributed by atoms with E-state index in [-0.39, 0.29) is 0 Å². The first-order chi connectivity index (χ1) is 15.2. The number of hydrogen-bond acceptors (Lipinski definition) is 5. The van der Waals surface area contributed by atoms with Gasteiger partial charge in [0.1, 0.15) is 11.2 Å². The molecule has 0 saturated carbocycles. The first-order valence-corrected chi connectivity index (χ1v) is 12.1. The maximum Gasteiger partial charge on any atom is 0.135 e. The molecule has 0 amide bonds. The van der Waals surface area contributed by atoms with Gasteiger partial charge < -0.3 is 24.9 Å². The Hall–Kier alpha value is -2.24. The molecular weight excluding hydrogens is 384 g/mol. The van der Waals surface area contributed by atoms with Crippen molar-refractivity contribution in [3.8, 4) is 0 Å². The molecule has 0 radical (unpaired) electrons. The number of nitrogens with zero attached hydrogens (tertiary/aromatic N) is 2. The molecule has 31 heavy (non-hydrogen) atoms. The van der Waals surface area contributed by atoms with Gasteiger partial charge in [-0.25, -0.2) is 0 Å². The highest BCUT2D eigenvalue weighted by molar-refractivity contribution is 6.07. The largest absolute Gasteiger partial charge is 0.456 e. The van der Waals surface area contributed by atoms with Crippen molar-refractivity contribution in [3.05, 3.63) is 36.4 Å². The maximum atomic E-state index is 6.07. The van der Waals surface area contributed by atoms with E-state index in [1.807, 2.05) is 0 Å². The van der Waals surface area contributed by atoms with Crippen molar-refractivity contribution < 1.29 is 4.42 Å². The van der Waals surface area contributed by atoms with Crippen LogP contribution in [0.1, 0.15) is 40.5 Å². The Balaban J connectivity index is 1.62. The van der Waals surface area contributed by atoms with E-state index in [2.05, 4.69) is 84.5 Å². The molecule has 1 heterocycles. The van der Waals surface area contributed by atoms with E-state index in [1.54, 1.807) is 0 Å². The van der Waals surface area contributed by atoms with Crippen LogP contribution in [0, 0.1) is 0 Å². The molecule has 0 saturated heterocycles. The second kappa shape index (κ2) is 12.0. The molecule has 3 rings (SSSR count). The van der Waals surface area contributed by atoms with Gasteiger partial charge in [-0.3, -0.25) is 0 Å². The smallest absolute Gasteiger partial charge is 0.135 e. The van der Waals surface area contributed by atoms with E-state index in [0.717, 1.165) is 87.7 Å². The number of fused-ring (bicyclic) bond motifs is 3. The van der Waals surface area contributed by atoms with Gasteiger partial charge in [-0.1, -0.05) is 27.7 Å². The van der Waals surface area contributed by atoms with Gasteiger partial charge >= 0.3 is 0 Å². The van der Waals surface area contributed by atoms with Gasteiger partial charge in [0.05, 0.1) is 0 Å². The highest BCUT2D eigenvalue weighted by Gasteiger charge is 2.09. The van der Waals surface area contributed by atoms with Crippen molar-refractivity contribution in [1.82, 2.24) is 9.80 Å². The minimum atomic E-state index is 0.947. The third kappa shape index (κ3) is 6.37. The molecule has 1 aromatic heterocycles. The lowest BCUT2D eigenvalue weighted by Crippen LogP contribution is -2.25. The van der Waals surface area contributed by atoms with Crippen LogP contribution < -0.4 is 10.6 Å². The molecule has 0 fully saturated rings. The molecule has 0 spiro atoms. The quantitative estimate of drug-likeness (QED) is 0.317. The van der Waals surface area contributed by atoms with E-state index >= 15 is 0 Å². The van der Waals surface area contributed by atoms with Crippen molar-refractivity contribution in [2.24, 2.45) is 0 Å². The second-order valence-electron chi connectivity index (χ2n) is 8.14. The van der Waals surface area contributed by atoms with Crippen LogP contribution >= 0.6 is 0 Å². The number of furan rings is 1. The Morgan fingerprint density at radius 3 is 1.45 bits per heavy atom. The summed E-state index contributed by atoms with van der Waals surface area (Å²) in [6.45, 7) is 17.6. The Morgan fingerprint density at radius 2 is 1.06 bits per heavy atom. The monoisotopic (exact) mass is 424 g/mol. The van der Waals surface area contributed by atoms with Crippen LogP contribution in [0.2, 0.25) is 0 Å². The minimum Gasteiger partial charge on any atom is -0.456 e. The van der Waals surface area contributed by atoms with Gasteiger partial charge in [-0.15, -0.1) is 0 Å². The predicted molar refractivity (Wildman–Crippen MR) is 136 cm³/mol. The van der Waals surface area contributed by atoms with Crippen molar-refractivity contribution in [1.29, 1.82) is 0 Å². The molecule has 0 aliphatic carbocycles. The number of benzene rings is 2. The second-order valence-corrected chi connectivity index (χ2v) is 8.14. The number of hydrogen-bond donors (Lipinski definition) is 2. The summed E-state index contributed by atoms with van der Waals surface area (Å²) in [6, 6.07) is 12.9. The topological polar surface area (TPSA) is 43.7 Å². The maximum absolute atomic E-state index is 6.07. The molecule has 0 aliphatic heterocycles. The minimum absolute atomic E-state index is 0.947. The third-order valence-corrected chi connectivity index (χ3v) is 6.22. The summed E-state index contributed by atoms with van der Waals surface area (Å²) in [5.74, 6) is 0. The summed E-state index contributed by atoms with van der Waals surface area (Å²) < 4.78 is 6.07. The van der Waals surface area contributed by atoms with Gasteiger partial charge in [0.25, 0.3) is 0 Å². The average Bonchev–Trinajstić information content (AvgIpc) is 3.16. The van der Waals surface area contributed by atoms with E-state index in [1.165, 1.54) is 10.8 Å². The zero-order chi connectivity index (χ0) is 22.1. The van der Waals surface area contributed by atoms with Gasteiger partial charge in [0, 0.05) is 35.2 Å².